The standard InChI is InChI=1S/C13H14F3N3/c14-13(15,16)12-3-2-11(8-10(12)9-17)19-6-1-4-18-5-7-19/h2-3,8,18H,1,4-7H2. The predicted octanol–water partition coefficient (Wildman–Crippen LogP) is 2.38. The Bertz CT molecular complexity index is 483. The van der Waals surface area contributed by atoms with Crippen molar-refractivity contribution in [1.29, 1.82) is 5.26 Å². The number of anilines is 1. The highest BCUT2D eigenvalue weighted by Gasteiger charge is 2.33. The second kappa shape index (κ2) is 5.49. The molecule has 1 fully saturated rings. The summed E-state index contributed by atoms with van der Waals surface area (Å²) in [6.07, 6.45) is -3.55. The Kier molecular flexibility index (Phi) is 3.96. The molecule has 0 bridgehead atoms. The number of nitrogens with one attached hydrogen (secondary N) is 1. The largest absolute Gasteiger partial charge is 0.417 e. The van der Waals surface area contributed by atoms with Crippen molar-refractivity contribution in [2.75, 3.05) is 31.1 Å². The summed E-state index contributed by atoms with van der Waals surface area (Å²) >= 11 is 0. The number of benzene rings is 1. The van der Waals surface area contributed by atoms with Crippen molar-refractivity contribution in [2.45, 2.75) is 12.6 Å². The Hall–Kier alpha value is -1.74. The Morgan fingerprint density at radius 1 is 1.21 bits per heavy atom. The van der Waals surface area contributed by atoms with Gasteiger partial charge in [-0.1, -0.05) is 0 Å². The molecule has 1 aromatic rings. The van der Waals surface area contributed by atoms with E-state index in [2.05, 4.69) is 5.32 Å². The lowest BCUT2D eigenvalue weighted by Crippen LogP contribution is -2.28. The van der Waals surface area contributed by atoms with E-state index in [4.69, 9.17) is 5.26 Å². The molecule has 6 heteroatoms. The number of rotatable bonds is 1. The summed E-state index contributed by atoms with van der Waals surface area (Å²) in [5.74, 6) is 0. The van der Waals surface area contributed by atoms with Crippen molar-refractivity contribution in [3.8, 4) is 6.07 Å². The zero-order chi connectivity index (χ0) is 13.9. The van der Waals surface area contributed by atoms with Crippen molar-refractivity contribution in [3.63, 3.8) is 0 Å². The van der Waals surface area contributed by atoms with Crippen LogP contribution in [0.1, 0.15) is 17.5 Å². The molecule has 0 unspecified atom stereocenters. The van der Waals surface area contributed by atoms with Crippen molar-refractivity contribution in [3.05, 3.63) is 29.3 Å². The van der Waals surface area contributed by atoms with E-state index in [1.807, 2.05) is 4.90 Å². The second-order valence-electron chi connectivity index (χ2n) is 4.43. The Labute approximate surface area is 109 Å². The van der Waals surface area contributed by atoms with Crippen LogP contribution in [0.15, 0.2) is 18.2 Å². The highest BCUT2D eigenvalue weighted by atomic mass is 19.4. The topological polar surface area (TPSA) is 39.1 Å². The first kappa shape index (κ1) is 13.7. The lowest BCUT2D eigenvalue weighted by Gasteiger charge is -2.23. The zero-order valence-electron chi connectivity index (χ0n) is 10.3. The quantitative estimate of drug-likeness (QED) is 0.850. The van der Waals surface area contributed by atoms with E-state index in [1.54, 1.807) is 6.07 Å². The van der Waals surface area contributed by atoms with E-state index in [-0.39, 0.29) is 5.56 Å². The molecule has 0 saturated carbocycles. The number of nitrogens with zero attached hydrogens (tertiary/aromatic N) is 2. The van der Waals surface area contributed by atoms with Gasteiger partial charge in [-0.05, 0) is 31.2 Å². The Balaban J connectivity index is 2.31. The van der Waals surface area contributed by atoms with E-state index in [0.29, 0.717) is 5.69 Å². The maximum atomic E-state index is 12.7. The van der Waals surface area contributed by atoms with E-state index in [0.717, 1.165) is 38.7 Å². The molecule has 102 valence electrons. The number of halogens is 3. The highest BCUT2D eigenvalue weighted by molar-refractivity contribution is 5.55. The monoisotopic (exact) mass is 269 g/mol. The molecule has 0 atom stereocenters. The molecular weight excluding hydrogens is 255 g/mol. The first-order chi connectivity index (χ1) is 9.02. The van der Waals surface area contributed by atoms with Crippen molar-refractivity contribution in [1.82, 2.24) is 5.32 Å². The molecule has 2 rings (SSSR count). The van der Waals surface area contributed by atoms with Crippen LogP contribution in [-0.2, 0) is 6.18 Å². The van der Waals surface area contributed by atoms with Gasteiger partial charge in [0.1, 0.15) is 0 Å². The molecule has 0 aromatic heterocycles. The van der Waals surface area contributed by atoms with E-state index >= 15 is 0 Å². The molecule has 1 heterocycles. The van der Waals surface area contributed by atoms with E-state index in [1.165, 1.54) is 12.1 Å². The third kappa shape index (κ3) is 3.18. The molecule has 0 radical (unpaired) electrons. The second-order valence-corrected chi connectivity index (χ2v) is 4.43. The molecule has 1 aliphatic heterocycles. The van der Waals surface area contributed by atoms with Crippen LogP contribution in [0.5, 0.6) is 0 Å². The van der Waals surface area contributed by atoms with Crippen molar-refractivity contribution < 1.29 is 13.2 Å². The van der Waals surface area contributed by atoms with Crippen molar-refractivity contribution in [2.24, 2.45) is 0 Å². The maximum Gasteiger partial charge on any atom is 0.417 e. The zero-order valence-corrected chi connectivity index (χ0v) is 10.3. The molecule has 0 amide bonds. The molecule has 19 heavy (non-hydrogen) atoms. The minimum Gasteiger partial charge on any atom is -0.370 e. The minimum absolute atomic E-state index is 0.317. The van der Waals surface area contributed by atoms with Crippen molar-refractivity contribution >= 4 is 5.69 Å². The van der Waals surface area contributed by atoms with Gasteiger partial charge in [-0.15, -0.1) is 0 Å². The summed E-state index contributed by atoms with van der Waals surface area (Å²) in [4.78, 5) is 2.00. The van der Waals surface area contributed by atoms with Crippen LogP contribution in [0.2, 0.25) is 0 Å². The first-order valence-electron chi connectivity index (χ1n) is 6.09. The summed E-state index contributed by atoms with van der Waals surface area (Å²) < 4.78 is 38.1. The third-order valence-corrected chi connectivity index (χ3v) is 3.13. The van der Waals surface area contributed by atoms with Crippen LogP contribution in [-0.4, -0.2) is 26.2 Å². The summed E-state index contributed by atoms with van der Waals surface area (Å²) in [5.41, 5.74) is -0.512. The fourth-order valence-corrected chi connectivity index (χ4v) is 2.17. The molecule has 1 aromatic carbocycles. The van der Waals surface area contributed by atoms with Gasteiger partial charge in [0.2, 0.25) is 0 Å². The first-order valence-corrected chi connectivity index (χ1v) is 6.09. The van der Waals surface area contributed by atoms with Gasteiger partial charge in [-0.3, -0.25) is 0 Å². The van der Waals surface area contributed by atoms with Gasteiger partial charge in [0.25, 0.3) is 0 Å². The van der Waals surface area contributed by atoms with Crippen LogP contribution in [0, 0.1) is 11.3 Å². The van der Waals surface area contributed by atoms with Gasteiger partial charge in [-0.2, -0.15) is 18.4 Å². The normalized spacial score (nSPS) is 16.8. The van der Waals surface area contributed by atoms with Gasteiger partial charge in [0.05, 0.1) is 17.2 Å². The molecule has 1 aliphatic rings. The molecule has 0 spiro atoms. The fraction of sp³-hybridized carbons (Fsp3) is 0.462. The number of nitriles is 1. The van der Waals surface area contributed by atoms with Gasteiger partial charge in [0.15, 0.2) is 0 Å². The highest BCUT2D eigenvalue weighted by Crippen LogP contribution is 2.33. The van der Waals surface area contributed by atoms with E-state index < -0.39 is 11.7 Å². The summed E-state index contributed by atoms with van der Waals surface area (Å²) in [6.45, 7) is 3.21. The van der Waals surface area contributed by atoms with E-state index in [9.17, 15) is 13.2 Å². The van der Waals surface area contributed by atoms with Gasteiger partial charge < -0.3 is 10.2 Å². The Morgan fingerprint density at radius 2 is 2.00 bits per heavy atom. The van der Waals surface area contributed by atoms with Crippen LogP contribution in [0.3, 0.4) is 0 Å². The number of alkyl halides is 3. The number of hydrogen-bond acceptors (Lipinski definition) is 3. The average Bonchev–Trinajstić information content (AvgIpc) is 2.65. The molecular formula is C13H14F3N3. The lowest BCUT2D eigenvalue weighted by molar-refractivity contribution is -0.137. The Morgan fingerprint density at radius 3 is 2.68 bits per heavy atom. The number of hydrogen-bond donors (Lipinski definition) is 1. The molecule has 1 N–H and O–H groups in total. The molecule has 1 saturated heterocycles. The van der Waals surface area contributed by atoms with Gasteiger partial charge in [-0.25, -0.2) is 0 Å². The van der Waals surface area contributed by atoms with Gasteiger partial charge >= 0.3 is 6.18 Å². The summed E-state index contributed by atoms with van der Waals surface area (Å²) in [7, 11) is 0. The van der Waals surface area contributed by atoms with Crippen LogP contribution < -0.4 is 10.2 Å². The summed E-state index contributed by atoms with van der Waals surface area (Å²) in [6, 6.07) is 5.39. The van der Waals surface area contributed by atoms with Crippen LogP contribution in [0.4, 0.5) is 18.9 Å². The molecule has 0 aliphatic carbocycles. The average molecular weight is 269 g/mol. The third-order valence-electron chi connectivity index (χ3n) is 3.13. The maximum absolute atomic E-state index is 12.7. The van der Waals surface area contributed by atoms with Crippen LogP contribution in [0.25, 0.3) is 0 Å². The predicted molar refractivity (Wildman–Crippen MR) is 65.9 cm³/mol. The minimum atomic E-state index is -4.48. The SMILES string of the molecule is N#Cc1cc(N2CCCNCC2)ccc1C(F)(F)F. The van der Waals surface area contributed by atoms with Gasteiger partial charge in [0, 0.05) is 25.3 Å². The smallest absolute Gasteiger partial charge is 0.370 e. The summed E-state index contributed by atoms with van der Waals surface area (Å²) in [5, 5.41) is 12.1. The molecule has 3 nitrogen and oxygen atoms in total. The van der Waals surface area contributed by atoms with Crippen LogP contribution >= 0.6 is 0 Å². The fourth-order valence-electron chi connectivity index (χ4n) is 2.17. The lowest BCUT2D eigenvalue weighted by atomic mass is 10.1.